The van der Waals surface area contributed by atoms with Crippen LogP contribution in [-0.4, -0.2) is 90.9 Å². The van der Waals surface area contributed by atoms with Gasteiger partial charge in [0.2, 0.25) is 0 Å². The second-order valence-corrected chi connectivity index (χ2v) is 16.2. The van der Waals surface area contributed by atoms with Crippen LogP contribution in [0.25, 0.3) is 43.6 Å². The van der Waals surface area contributed by atoms with Crippen LogP contribution in [0, 0.1) is 0 Å². The number of likely N-dealkylation sites (tertiary alicyclic amines) is 1. The number of carbonyl (C=O) groups excluding carboxylic acids is 2. The minimum atomic E-state index is -1.05. The zero-order valence-electron chi connectivity index (χ0n) is 31.8. The molecule has 0 bridgehead atoms. The molecule has 4 aromatic carbocycles. The zero-order chi connectivity index (χ0) is 38.4. The molecule has 10 heteroatoms. The third-order valence-corrected chi connectivity index (χ3v) is 9.90. The van der Waals surface area contributed by atoms with Crippen molar-refractivity contribution in [3.8, 4) is 0 Å². The Bertz CT molecular complexity index is 2240. The van der Waals surface area contributed by atoms with Crippen molar-refractivity contribution in [3.05, 3.63) is 109 Å². The van der Waals surface area contributed by atoms with Gasteiger partial charge in [-0.1, -0.05) is 84.9 Å². The monoisotopic (exact) mass is 730 g/mol. The van der Waals surface area contributed by atoms with E-state index in [-0.39, 0.29) is 25.2 Å². The van der Waals surface area contributed by atoms with Crippen molar-refractivity contribution in [1.82, 2.24) is 18.9 Å². The summed E-state index contributed by atoms with van der Waals surface area (Å²) >= 11 is 0. The fourth-order valence-corrected chi connectivity index (χ4v) is 7.68. The van der Waals surface area contributed by atoms with E-state index in [0.717, 1.165) is 21.8 Å². The lowest BCUT2D eigenvalue weighted by Crippen LogP contribution is -2.55. The number of aliphatic hydroxyl groups excluding tert-OH is 2. The van der Waals surface area contributed by atoms with Gasteiger partial charge in [0.25, 0.3) is 0 Å². The van der Waals surface area contributed by atoms with Crippen LogP contribution < -0.4 is 0 Å². The summed E-state index contributed by atoms with van der Waals surface area (Å²) in [5.74, 6) is 0. The summed E-state index contributed by atoms with van der Waals surface area (Å²) in [5, 5.41) is 25.9. The van der Waals surface area contributed by atoms with Crippen LogP contribution in [0.3, 0.4) is 0 Å². The van der Waals surface area contributed by atoms with Crippen molar-refractivity contribution in [1.29, 1.82) is 0 Å². The molecule has 8 rings (SSSR count). The summed E-state index contributed by atoms with van der Waals surface area (Å²) in [6, 6.07) is 32.5. The zero-order valence-corrected chi connectivity index (χ0v) is 31.8. The van der Waals surface area contributed by atoms with Crippen LogP contribution in [0.4, 0.5) is 9.59 Å². The number of piperidine rings is 1. The van der Waals surface area contributed by atoms with E-state index in [9.17, 15) is 19.8 Å². The number of aromatic nitrogens is 2. The lowest BCUT2D eigenvalue weighted by molar-refractivity contribution is -0.0704. The third kappa shape index (κ3) is 7.41. The number of rotatable bonds is 2. The second kappa shape index (κ2) is 14.5. The average molecular weight is 731 g/mol. The lowest BCUT2D eigenvalue weighted by atomic mass is 9.99. The van der Waals surface area contributed by atoms with E-state index in [4.69, 9.17) is 9.47 Å². The Morgan fingerprint density at radius 1 is 0.574 bits per heavy atom. The Labute approximate surface area is 315 Å². The Morgan fingerprint density at radius 3 is 1.43 bits per heavy atom. The number of amides is 2. The summed E-state index contributed by atoms with van der Waals surface area (Å²) in [6.45, 7) is 12.6. The number of benzene rings is 4. The van der Waals surface area contributed by atoms with Gasteiger partial charge in [-0.3, -0.25) is 0 Å². The molecule has 0 unspecified atom stereocenters. The van der Waals surface area contributed by atoms with Crippen LogP contribution in [0.15, 0.2) is 109 Å². The van der Waals surface area contributed by atoms with E-state index in [0.29, 0.717) is 13.1 Å². The highest BCUT2D eigenvalue weighted by Crippen LogP contribution is 2.36. The van der Waals surface area contributed by atoms with E-state index in [1.807, 2.05) is 94.6 Å². The first kappa shape index (κ1) is 37.0. The van der Waals surface area contributed by atoms with Crippen LogP contribution >= 0.6 is 0 Å². The van der Waals surface area contributed by atoms with E-state index in [1.54, 1.807) is 4.90 Å². The van der Waals surface area contributed by atoms with Gasteiger partial charge in [-0.25, -0.2) is 9.59 Å². The molecule has 54 heavy (non-hydrogen) atoms. The molecule has 4 atom stereocenters. The third-order valence-electron chi connectivity index (χ3n) is 9.90. The topological polar surface area (TPSA) is 109 Å². The maximum absolute atomic E-state index is 12.6. The Balaban J connectivity index is 0.000000167. The molecule has 1 fully saturated rings. The highest BCUT2D eigenvalue weighted by molar-refractivity contribution is 6.09. The molecule has 282 valence electrons. The lowest BCUT2D eigenvalue weighted by Gasteiger charge is -2.40. The SMILES string of the molecule is CC(C)(C)OC(=O)N1CC=C[C@@H](n2c3ccccc3c3ccccc32)C1.CC(C)(C)OC(=O)N1C[C@H](O)[C@H](O)[C@@H](n2c3ccccc3c3ccccc32)C1. The quantitative estimate of drug-likeness (QED) is 0.173. The number of aliphatic hydroxyl groups is 2. The first-order chi connectivity index (χ1) is 25.7. The standard InChI is InChI=1S/C22H26N2O4.C22H24N2O2/c1-22(2,3)28-21(27)23-12-18(20(26)19(25)13-23)24-16-10-6-4-8-14(16)15-9-5-7-11-17(15)24;1-22(2,3)26-21(25)23-14-8-9-16(15-23)24-19-12-6-4-10-17(19)18-11-5-7-13-20(18)24/h4-11,18-20,25-26H,12-13H2,1-3H3;4-13,16H,14-15H2,1-3H3/t18-,19-,20+;16-/m01/s1. The molecule has 10 nitrogen and oxygen atoms in total. The number of nitrogens with zero attached hydrogens (tertiary/aromatic N) is 4. The average Bonchev–Trinajstić information content (AvgIpc) is 3.65. The molecule has 6 aromatic rings. The number of ether oxygens (including phenoxy) is 2. The molecule has 0 radical (unpaired) electrons. The predicted octanol–water partition coefficient (Wildman–Crippen LogP) is 8.45. The highest BCUT2D eigenvalue weighted by Gasteiger charge is 2.40. The largest absolute Gasteiger partial charge is 0.444 e. The highest BCUT2D eigenvalue weighted by atomic mass is 16.6. The number of para-hydroxylation sites is 4. The summed E-state index contributed by atoms with van der Waals surface area (Å²) in [4.78, 5) is 28.4. The van der Waals surface area contributed by atoms with Gasteiger partial charge in [-0.05, 0) is 65.8 Å². The van der Waals surface area contributed by atoms with E-state index >= 15 is 0 Å². The molecule has 0 spiro atoms. The molecular weight excluding hydrogens is 681 g/mol. The van der Waals surface area contributed by atoms with Gasteiger partial charge in [-0.15, -0.1) is 0 Å². The van der Waals surface area contributed by atoms with Crippen molar-refractivity contribution in [2.24, 2.45) is 0 Å². The maximum Gasteiger partial charge on any atom is 0.410 e. The number of β-amino-alcohol motifs (C(OH)–C–C–N with tert-alkyl or cyclic N) is 1. The molecular formula is C44H50N4O6. The van der Waals surface area contributed by atoms with Crippen molar-refractivity contribution in [3.63, 3.8) is 0 Å². The molecule has 2 aromatic heterocycles. The van der Waals surface area contributed by atoms with Gasteiger partial charge in [0, 0.05) is 63.2 Å². The number of fused-ring (bicyclic) bond motifs is 6. The summed E-state index contributed by atoms with van der Waals surface area (Å²) in [7, 11) is 0. The van der Waals surface area contributed by atoms with Crippen molar-refractivity contribution in [2.45, 2.75) is 77.0 Å². The van der Waals surface area contributed by atoms with Crippen molar-refractivity contribution in [2.75, 3.05) is 26.2 Å². The number of hydrogen-bond acceptors (Lipinski definition) is 6. The van der Waals surface area contributed by atoms with Crippen LogP contribution in [0.2, 0.25) is 0 Å². The van der Waals surface area contributed by atoms with Gasteiger partial charge >= 0.3 is 12.2 Å². The molecule has 0 saturated carbocycles. The van der Waals surface area contributed by atoms with Crippen molar-refractivity contribution >= 4 is 55.8 Å². The van der Waals surface area contributed by atoms with Gasteiger partial charge in [0.15, 0.2) is 0 Å². The maximum atomic E-state index is 12.6. The Kier molecular flexibility index (Phi) is 9.93. The Hall–Kier alpha value is -5.32. The molecule has 2 aliphatic rings. The Morgan fingerprint density at radius 2 is 0.981 bits per heavy atom. The van der Waals surface area contributed by atoms with Gasteiger partial charge in [0.1, 0.15) is 17.3 Å². The molecule has 2 amide bonds. The predicted molar refractivity (Wildman–Crippen MR) is 214 cm³/mol. The van der Waals surface area contributed by atoms with Gasteiger partial charge in [-0.2, -0.15) is 0 Å². The molecule has 0 aliphatic carbocycles. The van der Waals surface area contributed by atoms with Gasteiger partial charge < -0.3 is 38.6 Å². The molecule has 4 heterocycles. The fourth-order valence-electron chi connectivity index (χ4n) is 7.68. The normalized spacial score (nSPS) is 20.7. The molecule has 2 aliphatic heterocycles. The molecule has 1 saturated heterocycles. The van der Waals surface area contributed by atoms with Gasteiger partial charge in [0.05, 0.1) is 24.7 Å². The molecule has 2 N–H and O–H groups in total. The number of hydrogen-bond donors (Lipinski definition) is 2. The van der Waals surface area contributed by atoms with Crippen LogP contribution in [0.5, 0.6) is 0 Å². The summed E-state index contributed by atoms with van der Waals surface area (Å²) in [6.07, 6.45) is 1.47. The fraction of sp³-hybridized carbons (Fsp3) is 0.364. The van der Waals surface area contributed by atoms with Crippen LogP contribution in [-0.2, 0) is 9.47 Å². The van der Waals surface area contributed by atoms with E-state index in [1.165, 1.54) is 26.7 Å². The minimum absolute atomic E-state index is 0.0454. The van der Waals surface area contributed by atoms with E-state index < -0.39 is 35.5 Å². The van der Waals surface area contributed by atoms with Crippen molar-refractivity contribution < 1.29 is 29.3 Å². The van der Waals surface area contributed by atoms with E-state index in [2.05, 4.69) is 65.3 Å². The van der Waals surface area contributed by atoms with Crippen LogP contribution in [0.1, 0.15) is 53.6 Å². The minimum Gasteiger partial charge on any atom is -0.444 e. The first-order valence-corrected chi connectivity index (χ1v) is 18.6. The summed E-state index contributed by atoms with van der Waals surface area (Å²) in [5.41, 5.74) is 3.20. The summed E-state index contributed by atoms with van der Waals surface area (Å²) < 4.78 is 15.4. The smallest absolute Gasteiger partial charge is 0.410 e. The number of carbonyl (C=O) groups is 2. The second-order valence-electron chi connectivity index (χ2n) is 16.2. The first-order valence-electron chi connectivity index (χ1n) is 18.6.